The molecule has 4 amide bonds. The van der Waals surface area contributed by atoms with Gasteiger partial charge < -0.3 is 0 Å². The van der Waals surface area contributed by atoms with Gasteiger partial charge in [-0.1, -0.05) is 13.3 Å². The molecule has 0 aliphatic carbocycles. The first kappa shape index (κ1) is 15.1. The van der Waals surface area contributed by atoms with E-state index in [-0.39, 0.29) is 5.56 Å². The molecule has 7 heteroatoms. The zero-order valence-electron chi connectivity index (χ0n) is 11.4. The van der Waals surface area contributed by atoms with Crippen LogP contribution in [0.1, 0.15) is 25.3 Å². The molecule has 1 fully saturated rings. The quantitative estimate of drug-likeness (QED) is 0.864. The van der Waals surface area contributed by atoms with Crippen LogP contribution in [0.5, 0.6) is 0 Å². The Morgan fingerprint density at radius 3 is 2.62 bits per heavy atom. The summed E-state index contributed by atoms with van der Waals surface area (Å²) in [5.74, 6) is -3.69. The Hall–Kier alpha value is -2.31. The average Bonchev–Trinajstić information content (AvgIpc) is 2.43. The minimum atomic E-state index is -0.968. The normalized spacial score (nSPS) is 18.9. The van der Waals surface area contributed by atoms with Crippen LogP contribution in [0.2, 0.25) is 0 Å². The van der Waals surface area contributed by atoms with Gasteiger partial charge in [0.25, 0.3) is 0 Å². The number of urea groups is 1. The molecule has 0 aromatic heterocycles. The van der Waals surface area contributed by atoms with Crippen LogP contribution in [-0.2, 0) is 16.1 Å². The molecule has 1 aromatic carbocycles. The molecular formula is C14H14F2N2O3. The van der Waals surface area contributed by atoms with Crippen LogP contribution in [-0.4, -0.2) is 22.7 Å². The topological polar surface area (TPSA) is 66.5 Å². The number of hydrogen-bond acceptors (Lipinski definition) is 3. The predicted octanol–water partition coefficient (Wildman–Crippen LogP) is 1.96. The summed E-state index contributed by atoms with van der Waals surface area (Å²) in [5.41, 5.74) is -0.122. The third-order valence-corrected chi connectivity index (χ3v) is 3.27. The summed E-state index contributed by atoms with van der Waals surface area (Å²) in [4.78, 5) is 36.2. The molecule has 1 unspecified atom stereocenters. The van der Waals surface area contributed by atoms with Crippen LogP contribution in [0.3, 0.4) is 0 Å². The molecule has 1 saturated heterocycles. The van der Waals surface area contributed by atoms with Crippen LogP contribution < -0.4 is 5.32 Å². The maximum Gasteiger partial charge on any atom is 0.331 e. The summed E-state index contributed by atoms with van der Waals surface area (Å²) >= 11 is 0. The number of amides is 4. The van der Waals surface area contributed by atoms with E-state index in [1.807, 2.05) is 0 Å². The van der Waals surface area contributed by atoms with E-state index >= 15 is 0 Å². The summed E-state index contributed by atoms with van der Waals surface area (Å²) < 4.78 is 26.7. The van der Waals surface area contributed by atoms with Gasteiger partial charge in [-0.25, -0.2) is 13.6 Å². The number of carbonyl (C=O) groups is 3. The van der Waals surface area contributed by atoms with Crippen molar-refractivity contribution in [2.45, 2.75) is 26.3 Å². The number of halogens is 2. The van der Waals surface area contributed by atoms with Crippen LogP contribution in [0.15, 0.2) is 18.2 Å². The fourth-order valence-corrected chi connectivity index (χ4v) is 2.19. The van der Waals surface area contributed by atoms with Crippen molar-refractivity contribution in [3.05, 3.63) is 35.4 Å². The van der Waals surface area contributed by atoms with E-state index in [0.29, 0.717) is 12.8 Å². The molecule has 1 aliphatic rings. The Morgan fingerprint density at radius 1 is 1.24 bits per heavy atom. The number of carbonyl (C=O) groups excluding carboxylic acids is 3. The first-order valence-electron chi connectivity index (χ1n) is 6.54. The molecule has 1 N–H and O–H groups in total. The van der Waals surface area contributed by atoms with Gasteiger partial charge in [-0.15, -0.1) is 0 Å². The summed E-state index contributed by atoms with van der Waals surface area (Å²) in [6.07, 6.45) is 0.875. The van der Waals surface area contributed by atoms with Crippen molar-refractivity contribution in [2.75, 3.05) is 0 Å². The zero-order chi connectivity index (χ0) is 15.6. The number of benzene rings is 1. The lowest BCUT2D eigenvalue weighted by Gasteiger charge is -2.30. The Morgan fingerprint density at radius 2 is 1.95 bits per heavy atom. The lowest BCUT2D eigenvalue weighted by Crippen LogP contribution is -2.57. The molecule has 0 bridgehead atoms. The maximum atomic E-state index is 13.6. The van der Waals surface area contributed by atoms with E-state index in [9.17, 15) is 23.2 Å². The van der Waals surface area contributed by atoms with Crippen molar-refractivity contribution in [1.82, 2.24) is 10.2 Å². The van der Waals surface area contributed by atoms with Gasteiger partial charge in [0.1, 0.15) is 17.6 Å². The van der Waals surface area contributed by atoms with Gasteiger partial charge in [-0.2, -0.15) is 0 Å². The highest BCUT2D eigenvalue weighted by Crippen LogP contribution is 2.20. The number of rotatable bonds is 4. The third-order valence-electron chi connectivity index (χ3n) is 3.27. The predicted molar refractivity (Wildman–Crippen MR) is 68.8 cm³/mol. The first-order chi connectivity index (χ1) is 9.93. The van der Waals surface area contributed by atoms with Crippen LogP contribution in [0.25, 0.3) is 0 Å². The molecule has 1 aromatic rings. The summed E-state index contributed by atoms with van der Waals surface area (Å²) in [5, 5.41) is 2.06. The van der Waals surface area contributed by atoms with E-state index in [4.69, 9.17) is 0 Å². The number of hydrogen-bond donors (Lipinski definition) is 1. The molecular weight excluding hydrogens is 282 g/mol. The van der Waals surface area contributed by atoms with E-state index in [2.05, 4.69) is 5.32 Å². The Balaban J connectivity index is 2.25. The number of barbiturate groups is 1. The smallest absolute Gasteiger partial charge is 0.277 e. The molecule has 0 saturated carbocycles. The van der Waals surface area contributed by atoms with Crippen molar-refractivity contribution in [1.29, 1.82) is 0 Å². The second-order valence-corrected chi connectivity index (χ2v) is 4.80. The summed E-state index contributed by atoms with van der Waals surface area (Å²) in [7, 11) is 0. The average molecular weight is 296 g/mol. The second kappa shape index (κ2) is 5.99. The standard InChI is InChI=1S/C14H14F2N2O3/c1-2-3-10-12(19)17-14(21)18(13(10)20)7-8-6-9(15)4-5-11(8)16/h4-6,10H,2-3,7H2,1H3,(H,17,19,21). The summed E-state index contributed by atoms with van der Waals surface area (Å²) in [6.45, 7) is 1.38. The SMILES string of the molecule is CCCC1C(=O)NC(=O)N(Cc2cc(F)ccc2F)C1=O. The zero-order valence-corrected chi connectivity index (χ0v) is 11.4. The van der Waals surface area contributed by atoms with Crippen molar-refractivity contribution < 1.29 is 23.2 Å². The van der Waals surface area contributed by atoms with Crippen molar-refractivity contribution >= 4 is 17.8 Å². The first-order valence-corrected chi connectivity index (χ1v) is 6.54. The van der Waals surface area contributed by atoms with E-state index in [1.165, 1.54) is 0 Å². The highest BCUT2D eigenvalue weighted by molar-refractivity contribution is 6.16. The largest absolute Gasteiger partial charge is 0.331 e. The maximum absolute atomic E-state index is 13.6. The van der Waals surface area contributed by atoms with Gasteiger partial charge in [-0.3, -0.25) is 19.8 Å². The van der Waals surface area contributed by atoms with Gasteiger partial charge in [0.2, 0.25) is 11.8 Å². The van der Waals surface area contributed by atoms with E-state index < -0.39 is 41.9 Å². The lowest BCUT2D eigenvalue weighted by atomic mass is 9.99. The highest BCUT2D eigenvalue weighted by atomic mass is 19.1. The van der Waals surface area contributed by atoms with Crippen LogP contribution in [0, 0.1) is 17.6 Å². The van der Waals surface area contributed by atoms with Crippen molar-refractivity contribution in [3.63, 3.8) is 0 Å². The minimum absolute atomic E-state index is 0.122. The Kier molecular flexibility index (Phi) is 4.30. The molecule has 21 heavy (non-hydrogen) atoms. The fraction of sp³-hybridized carbons (Fsp3) is 0.357. The molecule has 112 valence electrons. The molecule has 1 aliphatic heterocycles. The molecule has 2 rings (SSSR count). The number of nitrogens with one attached hydrogen (secondary N) is 1. The van der Waals surface area contributed by atoms with Crippen LogP contribution >= 0.6 is 0 Å². The lowest BCUT2D eigenvalue weighted by molar-refractivity contribution is -0.143. The number of imide groups is 2. The molecule has 0 spiro atoms. The van der Waals surface area contributed by atoms with Gasteiger partial charge in [0.05, 0.1) is 6.54 Å². The monoisotopic (exact) mass is 296 g/mol. The van der Waals surface area contributed by atoms with E-state index in [0.717, 1.165) is 23.1 Å². The second-order valence-electron chi connectivity index (χ2n) is 4.80. The Bertz CT molecular complexity index is 604. The minimum Gasteiger partial charge on any atom is -0.277 e. The van der Waals surface area contributed by atoms with Gasteiger partial charge in [-0.05, 0) is 24.6 Å². The van der Waals surface area contributed by atoms with Gasteiger partial charge in [0, 0.05) is 5.56 Å². The highest BCUT2D eigenvalue weighted by Gasteiger charge is 2.39. The van der Waals surface area contributed by atoms with Gasteiger partial charge >= 0.3 is 6.03 Å². The molecule has 5 nitrogen and oxygen atoms in total. The van der Waals surface area contributed by atoms with E-state index in [1.54, 1.807) is 6.92 Å². The fourth-order valence-electron chi connectivity index (χ4n) is 2.19. The van der Waals surface area contributed by atoms with Crippen LogP contribution in [0.4, 0.5) is 13.6 Å². The van der Waals surface area contributed by atoms with Crippen molar-refractivity contribution in [3.8, 4) is 0 Å². The molecule has 1 atom stereocenters. The third kappa shape index (κ3) is 3.07. The number of nitrogens with zero attached hydrogens (tertiary/aromatic N) is 1. The molecule has 1 heterocycles. The molecule has 0 radical (unpaired) electrons. The van der Waals surface area contributed by atoms with Crippen molar-refractivity contribution in [2.24, 2.45) is 5.92 Å². The Labute approximate surface area is 119 Å². The van der Waals surface area contributed by atoms with Gasteiger partial charge in [0.15, 0.2) is 0 Å². The summed E-state index contributed by atoms with van der Waals surface area (Å²) in [6, 6.07) is 1.87.